The zero-order valence-electron chi connectivity index (χ0n) is 10.1. The molecule has 0 spiro atoms. The zero-order chi connectivity index (χ0) is 12.4. The normalized spacial score (nSPS) is 26.1. The molecule has 17 heavy (non-hydrogen) atoms. The molecule has 1 aliphatic heterocycles. The van der Waals surface area contributed by atoms with Crippen LogP contribution in [0.25, 0.3) is 0 Å². The highest BCUT2D eigenvalue weighted by Gasteiger charge is 2.22. The van der Waals surface area contributed by atoms with Crippen LogP contribution in [0.1, 0.15) is 19.4 Å². The third-order valence-corrected chi connectivity index (χ3v) is 3.81. The zero-order valence-corrected chi connectivity index (χ0v) is 11.7. The van der Waals surface area contributed by atoms with Gasteiger partial charge in [-0.15, -0.1) is 0 Å². The van der Waals surface area contributed by atoms with E-state index in [1.54, 1.807) is 6.07 Å². The molecule has 0 saturated carbocycles. The molecule has 0 radical (unpaired) electrons. The Balaban J connectivity index is 2.07. The van der Waals surface area contributed by atoms with Crippen LogP contribution in [0.15, 0.2) is 22.7 Å². The van der Waals surface area contributed by atoms with Crippen molar-refractivity contribution in [3.05, 3.63) is 34.1 Å². The lowest BCUT2D eigenvalue weighted by atomic mass is 10.1. The summed E-state index contributed by atoms with van der Waals surface area (Å²) in [5.74, 6) is -0.197. The molecule has 0 bridgehead atoms. The number of nitrogens with zero attached hydrogens (tertiary/aromatic N) is 1. The van der Waals surface area contributed by atoms with Crippen LogP contribution in [-0.2, 0) is 11.3 Å². The van der Waals surface area contributed by atoms with Crippen LogP contribution < -0.4 is 0 Å². The summed E-state index contributed by atoms with van der Waals surface area (Å²) in [5, 5.41) is 0. The second-order valence-corrected chi connectivity index (χ2v) is 5.46. The molecule has 1 aromatic carbocycles. The summed E-state index contributed by atoms with van der Waals surface area (Å²) in [7, 11) is 0. The Bertz CT molecular complexity index is 389. The van der Waals surface area contributed by atoms with Gasteiger partial charge in [-0.25, -0.2) is 4.39 Å². The molecular formula is C13H17BrFNO. The third kappa shape index (κ3) is 3.27. The minimum absolute atomic E-state index is 0.197. The second kappa shape index (κ2) is 5.46. The Hall–Kier alpha value is -0.450. The Morgan fingerprint density at radius 3 is 2.65 bits per heavy atom. The first-order chi connectivity index (χ1) is 8.06. The topological polar surface area (TPSA) is 12.5 Å². The lowest BCUT2D eigenvalue weighted by Crippen LogP contribution is -2.44. The van der Waals surface area contributed by atoms with E-state index in [0.717, 1.165) is 25.2 Å². The molecule has 2 rings (SSSR count). The molecule has 0 aliphatic carbocycles. The Kier molecular flexibility index (Phi) is 4.17. The average Bonchev–Trinajstić information content (AvgIpc) is 2.23. The maximum absolute atomic E-state index is 13.4. The van der Waals surface area contributed by atoms with Crippen LogP contribution in [0.4, 0.5) is 4.39 Å². The van der Waals surface area contributed by atoms with E-state index in [1.165, 1.54) is 6.07 Å². The van der Waals surface area contributed by atoms with Gasteiger partial charge in [0.25, 0.3) is 0 Å². The standard InChI is InChI=1S/C13H17BrFNO/c1-9-6-16(7-10(2)17-9)8-11-4-3-5-12(15)13(11)14/h3-5,9-10H,6-8H2,1-2H3. The molecule has 1 aromatic rings. The Morgan fingerprint density at radius 2 is 2.00 bits per heavy atom. The fourth-order valence-corrected chi connectivity index (χ4v) is 2.71. The van der Waals surface area contributed by atoms with Crippen molar-refractivity contribution in [1.29, 1.82) is 0 Å². The first kappa shape index (κ1) is 13.0. The fourth-order valence-electron chi connectivity index (χ4n) is 2.32. The second-order valence-electron chi connectivity index (χ2n) is 4.66. The number of hydrogen-bond acceptors (Lipinski definition) is 2. The van der Waals surface area contributed by atoms with Gasteiger partial charge in [0.1, 0.15) is 5.82 Å². The van der Waals surface area contributed by atoms with E-state index >= 15 is 0 Å². The molecule has 94 valence electrons. The Morgan fingerprint density at radius 1 is 1.35 bits per heavy atom. The van der Waals surface area contributed by atoms with Gasteiger partial charge in [0.15, 0.2) is 0 Å². The van der Waals surface area contributed by atoms with Crippen molar-refractivity contribution in [2.45, 2.75) is 32.6 Å². The van der Waals surface area contributed by atoms with Crippen LogP contribution in [0.5, 0.6) is 0 Å². The van der Waals surface area contributed by atoms with Crippen molar-refractivity contribution >= 4 is 15.9 Å². The van der Waals surface area contributed by atoms with Gasteiger partial charge < -0.3 is 4.74 Å². The quantitative estimate of drug-likeness (QED) is 0.832. The minimum Gasteiger partial charge on any atom is -0.373 e. The van der Waals surface area contributed by atoms with Gasteiger partial charge in [0.2, 0.25) is 0 Å². The molecule has 4 heteroatoms. The maximum Gasteiger partial charge on any atom is 0.137 e. The lowest BCUT2D eigenvalue weighted by Gasteiger charge is -2.35. The fraction of sp³-hybridized carbons (Fsp3) is 0.538. The van der Waals surface area contributed by atoms with E-state index < -0.39 is 0 Å². The van der Waals surface area contributed by atoms with Crippen molar-refractivity contribution in [1.82, 2.24) is 4.90 Å². The molecule has 0 aromatic heterocycles. The molecule has 0 N–H and O–H groups in total. The summed E-state index contributed by atoms with van der Waals surface area (Å²) in [4.78, 5) is 2.30. The highest BCUT2D eigenvalue weighted by atomic mass is 79.9. The smallest absolute Gasteiger partial charge is 0.137 e. The van der Waals surface area contributed by atoms with E-state index in [0.29, 0.717) is 4.47 Å². The monoisotopic (exact) mass is 301 g/mol. The van der Waals surface area contributed by atoms with Crippen molar-refractivity contribution in [3.8, 4) is 0 Å². The van der Waals surface area contributed by atoms with E-state index in [-0.39, 0.29) is 18.0 Å². The largest absolute Gasteiger partial charge is 0.373 e. The molecule has 1 heterocycles. The summed E-state index contributed by atoms with van der Waals surface area (Å²) in [5.41, 5.74) is 0.992. The summed E-state index contributed by atoms with van der Waals surface area (Å²) in [6, 6.07) is 5.18. The first-order valence-corrected chi connectivity index (χ1v) is 6.66. The molecule has 1 saturated heterocycles. The van der Waals surface area contributed by atoms with Crippen LogP contribution in [-0.4, -0.2) is 30.2 Å². The molecule has 0 amide bonds. The summed E-state index contributed by atoms with van der Waals surface area (Å²) >= 11 is 3.30. The highest BCUT2D eigenvalue weighted by molar-refractivity contribution is 9.10. The molecular weight excluding hydrogens is 285 g/mol. The number of ether oxygens (including phenoxy) is 1. The summed E-state index contributed by atoms with van der Waals surface area (Å²) < 4.78 is 19.7. The lowest BCUT2D eigenvalue weighted by molar-refractivity contribution is -0.0705. The van der Waals surface area contributed by atoms with E-state index in [4.69, 9.17) is 4.74 Å². The van der Waals surface area contributed by atoms with Gasteiger partial charge in [-0.1, -0.05) is 12.1 Å². The highest BCUT2D eigenvalue weighted by Crippen LogP contribution is 2.23. The Labute approximate surface area is 110 Å². The van der Waals surface area contributed by atoms with Crippen molar-refractivity contribution in [3.63, 3.8) is 0 Å². The number of benzene rings is 1. The molecule has 2 unspecified atom stereocenters. The SMILES string of the molecule is CC1CN(Cc2cccc(F)c2Br)CC(C)O1. The van der Waals surface area contributed by atoms with Crippen LogP contribution in [0, 0.1) is 5.82 Å². The van der Waals surface area contributed by atoms with Crippen LogP contribution in [0.3, 0.4) is 0 Å². The third-order valence-electron chi connectivity index (χ3n) is 2.92. The predicted octanol–water partition coefficient (Wildman–Crippen LogP) is 3.20. The molecule has 1 fully saturated rings. The number of hydrogen-bond donors (Lipinski definition) is 0. The number of halogens is 2. The van der Waals surface area contributed by atoms with Gasteiger partial charge in [0.05, 0.1) is 16.7 Å². The van der Waals surface area contributed by atoms with Gasteiger partial charge in [-0.3, -0.25) is 4.90 Å². The van der Waals surface area contributed by atoms with E-state index in [1.807, 2.05) is 6.07 Å². The minimum atomic E-state index is -0.197. The van der Waals surface area contributed by atoms with E-state index in [9.17, 15) is 4.39 Å². The number of morpholine rings is 1. The molecule has 2 nitrogen and oxygen atoms in total. The van der Waals surface area contributed by atoms with Crippen molar-refractivity contribution < 1.29 is 9.13 Å². The van der Waals surface area contributed by atoms with Crippen molar-refractivity contribution in [2.24, 2.45) is 0 Å². The first-order valence-electron chi connectivity index (χ1n) is 5.87. The summed E-state index contributed by atoms with van der Waals surface area (Å²) in [6.07, 6.45) is 0.483. The maximum atomic E-state index is 13.4. The molecule has 1 aliphatic rings. The van der Waals surface area contributed by atoms with Crippen LogP contribution >= 0.6 is 15.9 Å². The average molecular weight is 302 g/mol. The van der Waals surface area contributed by atoms with Gasteiger partial charge >= 0.3 is 0 Å². The van der Waals surface area contributed by atoms with Gasteiger partial charge in [-0.05, 0) is 41.4 Å². The summed E-state index contributed by atoms with van der Waals surface area (Å²) in [6.45, 7) is 6.70. The van der Waals surface area contributed by atoms with Gasteiger partial charge in [-0.2, -0.15) is 0 Å². The van der Waals surface area contributed by atoms with Gasteiger partial charge in [0, 0.05) is 19.6 Å². The predicted molar refractivity (Wildman–Crippen MR) is 69.4 cm³/mol. The van der Waals surface area contributed by atoms with Crippen molar-refractivity contribution in [2.75, 3.05) is 13.1 Å². The van der Waals surface area contributed by atoms with E-state index in [2.05, 4.69) is 34.7 Å². The number of rotatable bonds is 2. The molecule has 2 atom stereocenters. The van der Waals surface area contributed by atoms with Crippen LogP contribution in [0.2, 0.25) is 0 Å².